The molecule has 0 radical (unpaired) electrons. The van der Waals surface area contributed by atoms with Crippen LogP contribution in [0.2, 0.25) is 0 Å². The number of unbranched alkanes of at least 4 members (excludes halogenated alkanes) is 1. The third-order valence-electron chi connectivity index (χ3n) is 5.80. The van der Waals surface area contributed by atoms with Crippen molar-refractivity contribution < 1.29 is 23.1 Å². The molecule has 1 fully saturated rings. The number of para-hydroxylation sites is 1. The van der Waals surface area contributed by atoms with Gasteiger partial charge in [0.2, 0.25) is 5.91 Å². The van der Waals surface area contributed by atoms with Crippen LogP contribution in [0.1, 0.15) is 30.4 Å². The van der Waals surface area contributed by atoms with Crippen molar-refractivity contribution in [2.45, 2.75) is 44.8 Å². The van der Waals surface area contributed by atoms with Crippen LogP contribution in [0.5, 0.6) is 0 Å². The van der Waals surface area contributed by atoms with Crippen LogP contribution in [0.15, 0.2) is 46.9 Å². The predicted octanol–water partition coefficient (Wildman–Crippen LogP) is 4.36. The van der Waals surface area contributed by atoms with Gasteiger partial charge in [-0.15, -0.1) is 0 Å². The van der Waals surface area contributed by atoms with E-state index in [1.807, 2.05) is 43.3 Å². The number of aldehydes is 1. The third kappa shape index (κ3) is 5.76. The van der Waals surface area contributed by atoms with Crippen molar-refractivity contribution in [3.63, 3.8) is 0 Å². The second kappa shape index (κ2) is 10.6. The number of anilines is 2. The number of nitrogens with one attached hydrogen (secondary N) is 1. The average molecular weight is 454 g/mol. The number of hydrogen-bond donors (Lipinski definition) is 1. The molecule has 8 heteroatoms. The predicted molar refractivity (Wildman–Crippen MR) is 123 cm³/mol. The number of halogens is 1. The van der Waals surface area contributed by atoms with Gasteiger partial charge in [-0.05, 0) is 42.7 Å². The van der Waals surface area contributed by atoms with Crippen LogP contribution in [0.4, 0.5) is 16.1 Å². The summed E-state index contributed by atoms with van der Waals surface area (Å²) in [6.45, 7) is 2.78. The minimum atomic E-state index is -1.05. The van der Waals surface area contributed by atoms with Crippen LogP contribution in [0, 0.1) is 6.92 Å². The molecule has 1 aromatic heterocycles. The highest BCUT2D eigenvalue weighted by Gasteiger charge is 2.35. The summed E-state index contributed by atoms with van der Waals surface area (Å²) in [7, 11) is 0. The Balaban J connectivity index is 1.39. The van der Waals surface area contributed by atoms with Gasteiger partial charge in [-0.1, -0.05) is 24.3 Å². The molecule has 4 rings (SSSR count). The molecular formula is C25H28FN3O4. The number of amides is 1. The first-order valence-corrected chi connectivity index (χ1v) is 11.2. The van der Waals surface area contributed by atoms with Crippen LogP contribution in [-0.2, 0) is 20.7 Å². The number of carbonyl (C=O) groups excluding carboxylic acids is 2. The zero-order valence-electron chi connectivity index (χ0n) is 18.6. The zero-order chi connectivity index (χ0) is 23.2. The normalized spacial score (nSPS) is 18.1. The summed E-state index contributed by atoms with van der Waals surface area (Å²) in [5.74, 6) is -0.145. The first-order valence-electron chi connectivity index (χ1n) is 11.2. The summed E-state index contributed by atoms with van der Waals surface area (Å²) in [5.41, 5.74) is 4.03. The van der Waals surface area contributed by atoms with Gasteiger partial charge in [0, 0.05) is 25.1 Å². The van der Waals surface area contributed by atoms with Crippen LogP contribution in [0.3, 0.4) is 0 Å². The zero-order valence-corrected chi connectivity index (χ0v) is 18.6. The van der Waals surface area contributed by atoms with E-state index in [1.54, 1.807) is 11.0 Å². The third-order valence-corrected chi connectivity index (χ3v) is 5.80. The number of aromatic nitrogens is 1. The highest BCUT2D eigenvalue weighted by molar-refractivity contribution is 5.82. The van der Waals surface area contributed by atoms with Crippen LogP contribution in [0.25, 0.3) is 11.1 Å². The Labute approximate surface area is 191 Å². The molecule has 7 nitrogen and oxygen atoms in total. The van der Waals surface area contributed by atoms with E-state index in [2.05, 4.69) is 10.3 Å². The van der Waals surface area contributed by atoms with Crippen molar-refractivity contribution in [1.82, 2.24) is 9.88 Å². The number of aryl methyl sites for hydroxylation is 1. The maximum Gasteiger partial charge on any atom is 0.300 e. The molecule has 0 spiro atoms. The smallest absolute Gasteiger partial charge is 0.300 e. The maximum absolute atomic E-state index is 14.0. The van der Waals surface area contributed by atoms with Crippen LogP contribution < -0.4 is 5.32 Å². The number of likely N-dealkylation sites (tertiary alicyclic amines) is 1. The molecule has 2 atom stereocenters. The van der Waals surface area contributed by atoms with E-state index in [-0.39, 0.29) is 37.9 Å². The van der Waals surface area contributed by atoms with E-state index < -0.39 is 6.17 Å². The maximum atomic E-state index is 14.0. The molecule has 3 aromatic rings. The highest BCUT2D eigenvalue weighted by Crippen LogP contribution is 2.26. The number of nitrogens with zero attached hydrogens (tertiary/aromatic N) is 2. The number of oxazole rings is 1. The summed E-state index contributed by atoms with van der Waals surface area (Å²) in [6.07, 6.45) is 1.27. The molecule has 2 aromatic carbocycles. The second-order valence-electron chi connectivity index (χ2n) is 8.35. The summed E-state index contributed by atoms with van der Waals surface area (Å²) < 4.78 is 25.5. The number of fused-ring (bicyclic) bond motifs is 1. The molecule has 33 heavy (non-hydrogen) atoms. The molecule has 0 bridgehead atoms. The molecule has 1 saturated heterocycles. The fourth-order valence-electron chi connectivity index (χ4n) is 4.05. The number of alkyl halides is 1. The molecule has 2 heterocycles. The molecular weight excluding hydrogens is 425 g/mol. The van der Waals surface area contributed by atoms with E-state index in [9.17, 15) is 14.0 Å². The summed E-state index contributed by atoms with van der Waals surface area (Å²) >= 11 is 0. The van der Waals surface area contributed by atoms with Crippen molar-refractivity contribution in [3.8, 4) is 0 Å². The highest BCUT2D eigenvalue weighted by atomic mass is 19.1. The first-order chi connectivity index (χ1) is 16.0. The Morgan fingerprint density at radius 3 is 3.00 bits per heavy atom. The van der Waals surface area contributed by atoms with Crippen molar-refractivity contribution in [3.05, 3.63) is 53.6 Å². The summed E-state index contributed by atoms with van der Waals surface area (Å²) in [6, 6.07) is 13.4. The standard InChI is InChI=1S/C25H28FN3O4/c1-17-6-2-3-7-21(17)27-25-28-22-9-8-18(12-23(22)33-25)13-24(31)29-15-19(26)14-20(29)16-32-11-5-4-10-30/h2-3,6-10,12,19-20H,4-5,11,13-16H2,1H3,(H,27,28)/t19-,20-/m0/s1. The largest absolute Gasteiger partial charge is 0.423 e. The quantitative estimate of drug-likeness (QED) is 0.363. The first kappa shape index (κ1) is 22.9. The van der Waals surface area contributed by atoms with Gasteiger partial charge in [0.05, 0.1) is 25.6 Å². The number of rotatable bonds is 10. The molecule has 1 amide bonds. The topological polar surface area (TPSA) is 84.7 Å². The van der Waals surface area contributed by atoms with Crippen molar-refractivity contribution in [1.29, 1.82) is 0 Å². The number of ether oxygens (including phenoxy) is 1. The van der Waals surface area contributed by atoms with E-state index in [0.29, 0.717) is 36.6 Å². The van der Waals surface area contributed by atoms with E-state index in [4.69, 9.17) is 9.15 Å². The van der Waals surface area contributed by atoms with Gasteiger partial charge in [-0.3, -0.25) is 4.79 Å². The average Bonchev–Trinajstić information content (AvgIpc) is 3.37. The Morgan fingerprint density at radius 1 is 1.33 bits per heavy atom. The van der Waals surface area contributed by atoms with Crippen LogP contribution >= 0.6 is 0 Å². The number of carbonyl (C=O) groups is 2. The van der Waals surface area contributed by atoms with Gasteiger partial charge in [0.15, 0.2) is 5.58 Å². The van der Waals surface area contributed by atoms with Gasteiger partial charge in [-0.2, -0.15) is 4.98 Å². The van der Waals surface area contributed by atoms with Crippen LogP contribution in [-0.4, -0.2) is 54.0 Å². The molecule has 1 aliphatic rings. The Kier molecular flexibility index (Phi) is 7.34. The lowest BCUT2D eigenvalue weighted by Crippen LogP contribution is -2.39. The molecule has 0 saturated carbocycles. The summed E-state index contributed by atoms with van der Waals surface area (Å²) in [5, 5.41) is 3.18. The molecule has 0 aliphatic carbocycles. The molecule has 174 valence electrons. The number of benzene rings is 2. The van der Waals surface area contributed by atoms with Gasteiger partial charge < -0.3 is 24.2 Å². The van der Waals surface area contributed by atoms with Gasteiger partial charge in [0.25, 0.3) is 6.01 Å². The van der Waals surface area contributed by atoms with E-state index >= 15 is 0 Å². The molecule has 1 N–H and O–H groups in total. The minimum absolute atomic E-state index is 0.0796. The fourth-order valence-corrected chi connectivity index (χ4v) is 4.05. The fraction of sp³-hybridized carbons (Fsp3) is 0.400. The summed E-state index contributed by atoms with van der Waals surface area (Å²) in [4.78, 5) is 29.3. The lowest BCUT2D eigenvalue weighted by Gasteiger charge is -2.24. The number of hydrogen-bond acceptors (Lipinski definition) is 6. The van der Waals surface area contributed by atoms with Crippen molar-refractivity contribution in [2.75, 3.05) is 25.1 Å². The Morgan fingerprint density at radius 2 is 2.18 bits per heavy atom. The van der Waals surface area contributed by atoms with Gasteiger partial charge in [0.1, 0.15) is 18.0 Å². The molecule has 0 unspecified atom stereocenters. The van der Waals surface area contributed by atoms with E-state index in [1.165, 1.54) is 0 Å². The van der Waals surface area contributed by atoms with Gasteiger partial charge >= 0.3 is 0 Å². The van der Waals surface area contributed by atoms with E-state index in [0.717, 1.165) is 23.1 Å². The van der Waals surface area contributed by atoms with Crippen molar-refractivity contribution >= 4 is 35.0 Å². The lowest BCUT2D eigenvalue weighted by molar-refractivity contribution is -0.132. The molecule has 1 aliphatic heterocycles. The monoisotopic (exact) mass is 453 g/mol. The van der Waals surface area contributed by atoms with Crippen molar-refractivity contribution in [2.24, 2.45) is 0 Å². The van der Waals surface area contributed by atoms with Gasteiger partial charge in [-0.25, -0.2) is 4.39 Å². The lowest BCUT2D eigenvalue weighted by atomic mass is 10.1. The Hall–Kier alpha value is -3.26. The minimum Gasteiger partial charge on any atom is -0.423 e. The Bertz CT molecular complexity index is 1120. The SMILES string of the molecule is Cc1ccccc1Nc1nc2ccc(CC(=O)N3C[C@@H](F)C[C@H]3COCCCC=O)cc2o1. The second-order valence-corrected chi connectivity index (χ2v) is 8.35.